The van der Waals surface area contributed by atoms with Gasteiger partial charge < -0.3 is 20.5 Å². The minimum absolute atomic E-state index is 0.0254. The zero-order valence-corrected chi connectivity index (χ0v) is 20.7. The van der Waals surface area contributed by atoms with Crippen LogP contribution < -0.4 is 26.2 Å². The van der Waals surface area contributed by atoms with Gasteiger partial charge in [0.05, 0.1) is 26.1 Å². The lowest BCUT2D eigenvalue weighted by atomic mass is 9.84. The van der Waals surface area contributed by atoms with Crippen LogP contribution in [0.4, 0.5) is 16.2 Å². The first kappa shape index (κ1) is 25.0. The highest BCUT2D eigenvalue weighted by atomic mass is 32.2. The van der Waals surface area contributed by atoms with Gasteiger partial charge in [-0.25, -0.2) is 18.2 Å². The SMILES string of the molecule is COc1cc(NC2CC(CO)NN2)nc(NC2C[C@H]3CCC[C@@H](C2)N3S(=O)(=O)c2cncc(F)c2)n1. The van der Waals surface area contributed by atoms with E-state index < -0.39 is 15.8 Å². The van der Waals surface area contributed by atoms with Crippen molar-refractivity contribution in [1.82, 2.24) is 30.1 Å². The minimum Gasteiger partial charge on any atom is -0.481 e. The smallest absolute Gasteiger partial charge is 0.245 e. The maximum atomic E-state index is 13.7. The molecule has 3 saturated heterocycles. The van der Waals surface area contributed by atoms with Gasteiger partial charge in [0.25, 0.3) is 0 Å². The monoisotopic (exact) mass is 522 g/mol. The van der Waals surface area contributed by atoms with Crippen molar-refractivity contribution in [2.75, 3.05) is 24.4 Å². The zero-order valence-electron chi connectivity index (χ0n) is 19.9. The Hall–Kier alpha value is -2.65. The molecule has 14 heteroatoms. The molecule has 0 aliphatic carbocycles. The van der Waals surface area contributed by atoms with Crippen LogP contribution in [0.3, 0.4) is 0 Å². The summed E-state index contributed by atoms with van der Waals surface area (Å²) in [6.07, 6.45) is 6.30. The number of methoxy groups -OCH3 is 1. The Morgan fingerprint density at radius 1 is 1.14 bits per heavy atom. The number of aromatic nitrogens is 3. The fourth-order valence-electron chi connectivity index (χ4n) is 5.37. The number of pyridine rings is 1. The number of halogens is 1. The van der Waals surface area contributed by atoms with Crippen LogP contribution in [0.15, 0.2) is 29.4 Å². The van der Waals surface area contributed by atoms with Crippen molar-refractivity contribution >= 4 is 21.8 Å². The van der Waals surface area contributed by atoms with Crippen LogP contribution in [0, 0.1) is 5.82 Å². The Morgan fingerprint density at radius 3 is 2.58 bits per heavy atom. The predicted octanol–water partition coefficient (Wildman–Crippen LogP) is 0.802. The summed E-state index contributed by atoms with van der Waals surface area (Å²) < 4.78 is 47.4. The molecule has 0 spiro atoms. The van der Waals surface area contributed by atoms with Gasteiger partial charge >= 0.3 is 0 Å². The second-order valence-corrected chi connectivity index (χ2v) is 11.3. The Balaban J connectivity index is 1.31. The summed E-state index contributed by atoms with van der Waals surface area (Å²) >= 11 is 0. The van der Waals surface area contributed by atoms with Gasteiger partial charge in [0.2, 0.25) is 21.9 Å². The number of hydrogen-bond donors (Lipinski definition) is 5. The van der Waals surface area contributed by atoms with Crippen LogP contribution in [-0.4, -0.2) is 76.8 Å². The number of sulfonamides is 1. The molecule has 12 nitrogen and oxygen atoms in total. The third-order valence-electron chi connectivity index (χ3n) is 6.93. The molecule has 3 aliphatic rings. The largest absolute Gasteiger partial charge is 0.481 e. The molecule has 2 aromatic heterocycles. The summed E-state index contributed by atoms with van der Waals surface area (Å²) in [5.41, 5.74) is 6.08. The van der Waals surface area contributed by atoms with E-state index in [0.717, 1.165) is 31.5 Å². The molecule has 2 bridgehead atoms. The molecule has 3 unspecified atom stereocenters. The summed E-state index contributed by atoms with van der Waals surface area (Å²) in [6, 6.07) is 2.20. The Morgan fingerprint density at radius 2 is 1.92 bits per heavy atom. The molecule has 0 saturated carbocycles. The van der Waals surface area contributed by atoms with Crippen molar-refractivity contribution in [2.45, 2.75) is 73.8 Å². The van der Waals surface area contributed by atoms with Gasteiger partial charge in [0.1, 0.15) is 16.5 Å². The number of rotatable bonds is 8. The molecule has 3 aliphatic heterocycles. The lowest BCUT2D eigenvalue weighted by Crippen LogP contribution is -2.57. The first-order valence-corrected chi connectivity index (χ1v) is 13.5. The van der Waals surface area contributed by atoms with E-state index in [0.29, 0.717) is 36.9 Å². The first-order valence-electron chi connectivity index (χ1n) is 12.1. The highest BCUT2D eigenvalue weighted by Gasteiger charge is 2.45. The van der Waals surface area contributed by atoms with Gasteiger partial charge in [-0.2, -0.15) is 14.3 Å². The fraction of sp³-hybridized carbons (Fsp3) is 0.591. The lowest BCUT2D eigenvalue weighted by molar-refractivity contribution is 0.115. The molecule has 0 aromatic carbocycles. The van der Waals surface area contributed by atoms with Crippen molar-refractivity contribution in [1.29, 1.82) is 0 Å². The van der Waals surface area contributed by atoms with Crippen LogP contribution in [-0.2, 0) is 10.0 Å². The number of aliphatic hydroxyl groups is 1. The van der Waals surface area contributed by atoms with Crippen molar-refractivity contribution < 1.29 is 22.7 Å². The number of hydrazine groups is 1. The van der Waals surface area contributed by atoms with Crippen molar-refractivity contribution in [3.05, 3.63) is 30.3 Å². The highest BCUT2D eigenvalue weighted by molar-refractivity contribution is 7.89. The topological polar surface area (TPSA) is 154 Å². The van der Waals surface area contributed by atoms with Crippen molar-refractivity contribution in [2.24, 2.45) is 0 Å². The number of anilines is 2. The minimum atomic E-state index is -3.87. The zero-order chi connectivity index (χ0) is 25.3. The number of piperidine rings is 2. The number of nitrogens with one attached hydrogen (secondary N) is 4. The standard InChI is InChI=1S/C22H31FN8O4S/c1-35-21-9-19(26-20-8-15(12-32)29-30-20)27-22(28-21)25-14-6-16-3-2-4-17(7-14)31(16)36(33,34)18-5-13(23)10-24-11-18/h5,9-11,14-17,20,29-30,32H,2-4,6-8,12H2,1H3,(H2,25,26,27,28)/t14?,15?,16-,17+,20?. The Labute approximate surface area is 209 Å². The fourth-order valence-corrected chi connectivity index (χ4v) is 7.24. The molecular formula is C22H31FN8O4S. The summed E-state index contributed by atoms with van der Waals surface area (Å²) in [5.74, 6) is 0.655. The lowest BCUT2D eigenvalue weighted by Gasteiger charge is -2.47. The summed E-state index contributed by atoms with van der Waals surface area (Å²) in [4.78, 5) is 12.6. The second-order valence-electron chi connectivity index (χ2n) is 9.44. The van der Waals surface area contributed by atoms with Gasteiger partial charge in [-0.15, -0.1) is 0 Å². The van der Waals surface area contributed by atoms with E-state index >= 15 is 0 Å². The van der Waals surface area contributed by atoms with Crippen LogP contribution in [0.2, 0.25) is 0 Å². The van der Waals surface area contributed by atoms with E-state index in [2.05, 4.69) is 36.4 Å². The molecule has 196 valence electrons. The van der Waals surface area contributed by atoms with Crippen LogP contribution >= 0.6 is 0 Å². The normalized spacial score (nSPS) is 28.6. The first-order chi connectivity index (χ1) is 17.4. The molecule has 5 atom stereocenters. The van der Waals surface area contributed by atoms with Crippen molar-refractivity contribution in [3.63, 3.8) is 0 Å². The van der Waals surface area contributed by atoms with Crippen LogP contribution in [0.25, 0.3) is 0 Å². The van der Waals surface area contributed by atoms with Crippen LogP contribution in [0.1, 0.15) is 38.5 Å². The molecule has 5 heterocycles. The number of ether oxygens (including phenoxy) is 1. The molecule has 5 rings (SSSR count). The van der Waals surface area contributed by atoms with E-state index in [9.17, 15) is 17.9 Å². The summed E-state index contributed by atoms with van der Waals surface area (Å²) in [6.45, 7) is 0.0254. The molecule has 0 radical (unpaired) electrons. The van der Waals surface area contributed by atoms with E-state index in [-0.39, 0.29) is 41.8 Å². The van der Waals surface area contributed by atoms with Gasteiger partial charge in [-0.1, -0.05) is 6.42 Å². The number of fused-ring (bicyclic) bond motifs is 2. The second kappa shape index (κ2) is 10.4. The van der Waals surface area contributed by atoms with E-state index in [4.69, 9.17) is 4.74 Å². The van der Waals surface area contributed by atoms with Crippen LogP contribution in [0.5, 0.6) is 5.88 Å². The Kier molecular flexibility index (Phi) is 7.21. The molecule has 0 amide bonds. The number of nitrogens with zero attached hydrogens (tertiary/aromatic N) is 4. The molecule has 36 heavy (non-hydrogen) atoms. The summed E-state index contributed by atoms with van der Waals surface area (Å²) in [5, 5.41) is 16.0. The third-order valence-corrected chi connectivity index (χ3v) is 8.90. The molecule has 2 aromatic rings. The predicted molar refractivity (Wildman–Crippen MR) is 129 cm³/mol. The van der Waals surface area contributed by atoms with Crippen molar-refractivity contribution in [3.8, 4) is 5.88 Å². The van der Waals surface area contributed by atoms with E-state index in [1.165, 1.54) is 13.3 Å². The maximum Gasteiger partial charge on any atom is 0.245 e. The summed E-state index contributed by atoms with van der Waals surface area (Å²) in [7, 11) is -2.34. The number of hydrogen-bond acceptors (Lipinski definition) is 11. The quantitative estimate of drug-likeness (QED) is 0.335. The van der Waals surface area contributed by atoms with E-state index in [1.54, 1.807) is 10.4 Å². The Bertz CT molecular complexity index is 1170. The number of aliphatic hydroxyl groups excluding tert-OH is 1. The average Bonchev–Trinajstić information content (AvgIpc) is 3.30. The molecular weight excluding hydrogens is 491 g/mol. The van der Waals surface area contributed by atoms with Gasteiger partial charge in [-0.05, 0) is 31.7 Å². The van der Waals surface area contributed by atoms with Gasteiger partial charge in [0.15, 0.2) is 0 Å². The third kappa shape index (κ3) is 5.22. The van der Waals surface area contributed by atoms with Gasteiger partial charge in [0, 0.05) is 42.9 Å². The molecule has 5 N–H and O–H groups in total. The maximum absolute atomic E-state index is 13.7. The van der Waals surface area contributed by atoms with Gasteiger partial charge in [-0.3, -0.25) is 10.4 Å². The highest BCUT2D eigenvalue weighted by Crippen LogP contribution is 2.39. The average molecular weight is 523 g/mol. The van der Waals surface area contributed by atoms with E-state index in [1.807, 2.05) is 0 Å². The molecule has 3 fully saturated rings.